The largest absolute Gasteiger partial charge is 0.507 e. The smallest absolute Gasteiger partial charge is 0.197 e. The van der Waals surface area contributed by atoms with E-state index < -0.39 is 5.78 Å². The van der Waals surface area contributed by atoms with E-state index in [1.165, 1.54) is 25.3 Å². The number of hydrogen-bond donors (Lipinski definition) is 1. The number of carbonyl (C=O) groups excluding carboxylic acids is 2. The number of aromatic hydroxyl groups is 1. The SMILES string of the molecule is COc1cc(O)c2c(c1)C(=O)C=C(COc1ccccc1)C2=O. The van der Waals surface area contributed by atoms with Crippen molar-refractivity contribution in [1.29, 1.82) is 0 Å². The van der Waals surface area contributed by atoms with E-state index in [0.29, 0.717) is 11.5 Å². The molecule has 116 valence electrons. The summed E-state index contributed by atoms with van der Waals surface area (Å²) in [5.41, 5.74) is 0.326. The summed E-state index contributed by atoms with van der Waals surface area (Å²) in [6, 6.07) is 11.7. The van der Waals surface area contributed by atoms with Gasteiger partial charge in [0.25, 0.3) is 0 Å². The predicted octanol–water partition coefficient (Wildman–Crippen LogP) is 2.79. The Hall–Kier alpha value is -3.08. The molecule has 5 nitrogen and oxygen atoms in total. The summed E-state index contributed by atoms with van der Waals surface area (Å²) >= 11 is 0. The highest BCUT2D eigenvalue weighted by atomic mass is 16.5. The first kappa shape index (κ1) is 14.8. The highest BCUT2D eigenvalue weighted by molar-refractivity contribution is 6.25. The highest BCUT2D eigenvalue weighted by Crippen LogP contribution is 2.33. The van der Waals surface area contributed by atoms with Gasteiger partial charge in [0.1, 0.15) is 23.9 Å². The van der Waals surface area contributed by atoms with Gasteiger partial charge in [-0.15, -0.1) is 0 Å². The Kier molecular flexibility index (Phi) is 3.85. The molecule has 5 heteroatoms. The molecule has 0 radical (unpaired) electrons. The maximum absolute atomic E-state index is 12.5. The number of fused-ring (bicyclic) bond motifs is 1. The number of ether oxygens (including phenoxy) is 2. The number of methoxy groups -OCH3 is 1. The zero-order chi connectivity index (χ0) is 16.4. The van der Waals surface area contributed by atoms with Crippen molar-refractivity contribution in [2.45, 2.75) is 0 Å². The molecule has 0 atom stereocenters. The standard InChI is InChI=1S/C18H14O5/c1-22-13-8-14-15(19)7-11(18(21)17(14)16(20)9-13)10-23-12-5-3-2-4-6-12/h2-9,20H,10H2,1H3. The summed E-state index contributed by atoms with van der Waals surface area (Å²) in [7, 11) is 1.42. The zero-order valence-corrected chi connectivity index (χ0v) is 12.4. The minimum absolute atomic E-state index is 0.00929. The van der Waals surface area contributed by atoms with Crippen LogP contribution in [-0.4, -0.2) is 30.4 Å². The zero-order valence-electron chi connectivity index (χ0n) is 12.4. The molecule has 1 N–H and O–H groups in total. The molecule has 2 aromatic carbocycles. The van der Waals surface area contributed by atoms with Gasteiger partial charge in [-0.3, -0.25) is 9.59 Å². The Morgan fingerprint density at radius 2 is 1.78 bits per heavy atom. The Balaban J connectivity index is 1.89. The van der Waals surface area contributed by atoms with E-state index in [1.54, 1.807) is 12.1 Å². The number of allylic oxidation sites excluding steroid dienone is 1. The molecule has 0 bridgehead atoms. The number of para-hydroxylation sites is 1. The number of phenolic OH excluding ortho intramolecular Hbond substituents is 1. The van der Waals surface area contributed by atoms with Gasteiger partial charge < -0.3 is 14.6 Å². The number of rotatable bonds is 4. The Labute approximate surface area is 132 Å². The van der Waals surface area contributed by atoms with Crippen molar-refractivity contribution >= 4 is 11.6 Å². The van der Waals surface area contributed by atoms with Crippen LogP contribution < -0.4 is 9.47 Å². The van der Waals surface area contributed by atoms with E-state index in [4.69, 9.17) is 9.47 Å². The van der Waals surface area contributed by atoms with Crippen molar-refractivity contribution < 1.29 is 24.2 Å². The molecule has 0 saturated heterocycles. The number of carbonyl (C=O) groups is 2. The first-order valence-corrected chi connectivity index (χ1v) is 6.98. The molecule has 1 aliphatic rings. The van der Waals surface area contributed by atoms with Crippen LogP contribution in [0.4, 0.5) is 0 Å². The third-order valence-corrected chi connectivity index (χ3v) is 3.55. The van der Waals surface area contributed by atoms with Crippen molar-refractivity contribution in [3.8, 4) is 17.2 Å². The summed E-state index contributed by atoms with van der Waals surface area (Å²) in [6.45, 7) is -0.0422. The molecule has 2 aromatic rings. The van der Waals surface area contributed by atoms with Crippen molar-refractivity contribution in [3.05, 3.63) is 65.2 Å². The van der Waals surface area contributed by atoms with Crippen LogP contribution in [0.5, 0.6) is 17.2 Å². The molecule has 23 heavy (non-hydrogen) atoms. The quantitative estimate of drug-likeness (QED) is 0.940. The lowest BCUT2D eigenvalue weighted by Gasteiger charge is -2.17. The van der Waals surface area contributed by atoms with Gasteiger partial charge in [0, 0.05) is 17.2 Å². The van der Waals surface area contributed by atoms with Crippen LogP contribution in [0.1, 0.15) is 20.7 Å². The minimum atomic E-state index is -0.421. The fourth-order valence-electron chi connectivity index (χ4n) is 2.40. The molecule has 0 saturated carbocycles. The molecule has 0 heterocycles. The fraction of sp³-hybridized carbons (Fsp3) is 0.111. The average Bonchev–Trinajstić information content (AvgIpc) is 2.57. The molecule has 0 spiro atoms. The summed E-state index contributed by atoms with van der Waals surface area (Å²) in [4.78, 5) is 24.7. The monoisotopic (exact) mass is 310 g/mol. The normalized spacial score (nSPS) is 13.3. The van der Waals surface area contributed by atoms with Crippen LogP contribution in [-0.2, 0) is 0 Å². The molecule has 3 rings (SSSR count). The van der Waals surface area contributed by atoms with Crippen LogP contribution in [0.25, 0.3) is 0 Å². The fourth-order valence-corrected chi connectivity index (χ4v) is 2.40. The van der Waals surface area contributed by atoms with E-state index in [9.17, 15) is 14.7 Å². The molecule has 0 aromatic heterocycles. The van der Waals surface area contributed by atoms with Gasteiger partial charge in [-0.05, 0) is 24.3 Å². The summed E-state index contributed by atoms with van der Waals surface area (Å²) in [5, 5.41) is 10.0. The van der Waals surface area contributed by atoms with Crippen LogP contribution >= 0.6 is 0 Å². The van der Waals surface area contributed by atoms with Crippen molar-refractivity contribution in [2.75, 3.05) is 13.7 Å². The van der Waals surface area contributed by atoms with Crippen LogP contribution in [0, 0.1) is 0 Å². The Bertz CT molecular complexity index is 806. The topological polar surface area (TPSA) is 72.8 Å². The number of hydrogen-bond acceptors (Lipinski definition) is 5. The third-order valence-electron chi connectivity index (χ3n) is 3.55. The van der Waals surface area contributed by atoms with Gasteiger partial charge in [0.2, 0.25) is 0 Å². The minimum Gasteiger partial charge on any atom is -0.507 e. The lowest BCUT2D eigenvalue weighted by atomic mass is 9.89. The molecule has 1 aliphatic carbocycles. The lowest BCUT2D eigenvalue weighted by Crippen LogP contribution is -2.21. The van der Waals surface area contributed by atoms with E-state index in [-0.39, 0.29) is 34.8 Å². The summed E-state index contributed by atoms with van der Waals surface area (Å²) in [6.07, 6.45) is 1.24. The van der Waals surface area contributed by atoms with E-state index in [0.717, 1.165) is 0 Å². The van der Waals surface area contributed by atoms with Crippen molar-refractivity contribution in [1.82, 2.24) is 0 Å². The predicted molar refractivity (Wildman–Crippen MR) is 83.3 cm³/mol. The summed E-state index contributed by atoms with van der Waals surface area (Å²) < 4.78 is 10.5. The maximum Gasteiger partial charge on any atom is 0.197 e. The second-order valence-corrected chi connectivity index (χ2v) is 5.03. The first-order chi connectivity index (χ1) is 11.1. The molecular formula is C18H14O5. The molecular weight excluding hydrogens is 296 g/mol. The van der Waals surface area contributed by atoms with E-state index in [2.05, 4.69) is 0 Å². The number of benzene rings is 2. The van der Waals surface area contributed by atoms with Crippen LogP contribution in [0.15, 0.2) is 54.1 Å². The van der Waals surface area contributed by atoms with E-state index >= 15 is 0 Å². The number of ketones is 2. The third kappa shape index (κ3) is 2.81. The first-order valence-electron chi connectivity index (χ1n) is 6.98. The van der Waals surface area contributed by atoms with Gasteiger partial charge in [0.15, 0.2) is 11.6 Å². The Morgan fingerprint density at radius 3 is 2.48 bits per heavy atom. The van der Waals surface area contributed by atoms with Gasteiger partial charge in [-0.25, -0.2) is 0 Å². The van der Waals surface area contributed by atoms with Crippen molar-refractivity contribution in [2.24, 2.45) is 0 Å². The molecule has 0 amide bonds. The maximum atomic E-state index is 12.5. The van der Waals surface area contributed by atoms with E-state index in [1.807, 2.05) is 18.2 Å². The molecule has 0 unspecified atom stereocenters. The van der Waals surface area contributed by atoms with Gasteiger partial charge in [-0.2, -0.15) is 0 Å². The number of phenols is 1. The Morgan fingerprint density at radius 1 is 1.04 bits per heavy atom. The van der Waals surface area contributed by atoms with Gasteiger partial charge >= 0.3 is 0 Å². The highest BCUT2D eigenvalue weighted by Gasteiger charge is 2.29. The van der Waals surface area contributed by atoms with Crippen molar-refractivity contribution in [3.63, 3.8) is 0 Å². The number of Topliss-reactive ketones (excluding diaryl/α,β-unsaturated/α-hetero) is 1. The second-order valence-electron chi connectivity index (χ2n) is 5.03. The average molecular weight is 310 g/mol. The van der Waals surface area contributed by atoms with Crippen LogP contribution in [0.3, 0.4) is 0 Å². The van der Waals surface area contributed by atoms with Gasteiger partial charge in [0.05, 0.1) is 12.7 Å². The molecule has 0 fully saturated rings. The van der Waals surface area contributed by atoms with Gasteiger partial charge in [-0.1, -0.05) is 18.2 Å². The molecule has 0 aliphatic heterocycles. The summed E-state index contributed by atoms with van der Waals surface area (Å²) in [5.74, 6) is -0.141. The lowest BCUT2D eigenvalue weighted by molar-refractivity contribution is 0.0972. The second kappa shape index (κ2) is 5.96. The van der Waals surface area contributed by atoms with Crippen LogP contribution in [0.2, 0.25) is 0 Å².